The number of carbonyl (C=O) groups is 1. The van der Waals surface area contributed by atoms with E-state index in [0.717, 1.165) is 0 Å². The summed E-state index contributed by atoms with van der Waals surface area (Å²) in [6, 6.07) is 8.38. The first-order chi connectivity index (χ1) is 14.1. The van der Waals surface area contributed by atoms with Crippen LogP contribution < -0.4 is 10.2 Å². The largest absolute Gasteiger partial charge is 0.465 e. The third-order valence-corrected chi connectivity index (χ3v) is 4.63. The molecule has 11 nitrogen and oxygen atoms in total. The van der Waals surface area contributed by atoms with Crippen LogP contribution in [0.25, 0.3) is 11.0 Å². The standard InChI is InChI=1S/C18H17N5O6/c1-27-18(24)11-4-2-3-5-12(11)19-13-10-14(22-6-8-28-9-7-22)17(23(25)26)16-15(13)20-29-21-16/h2-5,10,19H,6-9H2,1H3. The molecule has 1 N–H and O–H groups in total. The number of benzene rings is 2. The van der Waals surface area contributed by atoms with Crippen LogP contribution >= 0.6 is 0 Å². The van der Waals surface area contributed by atoms with E-state index in [-0.39, 0.29) is 16.7 Å². The Morgan fingerprint density at radius 2 is 1.93 bits per heavy atom. The minimum Gasteiger partial charge on any atom is -0.465 e. The molecule has 0 atom stereocenters. The van der Waals surface area contributed by atoms with Crippen molar-refractivity contribution in [2.75, 3.05) is 43.6 Å². The second kappa shape index (κ2) is 7.72. The number of esters is 1. The molecular weight excluding hydrogens is 382 g/mol. The minimum absolute atomic E-state index is 0.0250. The van der Waals surface area contributed by atoms with Crippen LogP contribution in [-0.2, 0) is 9.47 Å². The Morgan fingerprint density at radius 3 is 2.66 bits per heavy atom. The molecule has 1 aliphatic rings. The normalized spacial score (nSPS) is 14.0. The van der Waals surface area contributed by atoms with Gasteiger partial charge in [-0.25, -0.2) is 9.42 Å². The molecule has 0 bridgehead atoms. The highest BCUT2D eigenvalue weighted by Crippen LogP contribution is 2.40. The summed E-state index contributed by atoms with van der Waals surface area (Å²) in [5.41, 5.74) is 1.60. The summed E-state index contributed by atoms with van der Waals surface area (Å²) in [6.45, 7) is 1.91. The van der Waals surface area contributed by atoms with E-state index < -0.39 is 10.9 Å². The Hall–Kier alpha value is -3.73. The summed E-state index contributed by atoms with van der Waals surface area (Å²) < 4.78 is 15.0. The number of fused-ring (bicyclic) bond motifs is 1. The summed E-state index contributed by atoms with van der Waals surface area (Å²) in [7, 11) is 1.29. The van der Waals surface area contributed by atoms with Gasteiger partial charge < -0.3 is 19.7 Å². The van der Waals surface area contributed by atoms with E-state index in [1.807, 2.05) is 4.90 Å². The summed E-state index contributed by atoms with van der Waals surface area (Å²) >= 11 is 0. The molecule has 0 unspecified atom stereocenters. The highest BCUT2D eigenvalue weighted by molar-refractivity contribution is 6.03. The summed E-state index contributed by atoms with van der Waals surface area (Å²) in [4.78, 5) is 25.2. The van der Waals surface area contributed by atoms with E-state index in [0.29, 0.717) is 48.9 Å². The molecule has 0 saturated carbocycles. The van der Waals surface area contributed by atoms with Crippen LogP contribution in [0.4, 0.5) is 22.7 Å². The van der Waals surface area contributed by atoms with E-state index >= 15 is 0 Å². The monoisotopic (exact) mass is 399 g/mol. The predicted octanol–water partition coefficient (Wildman–Crippen LogP) is 2.50. The van der Waals surface area contributed by atoms with Gasteiger partial charge in [-0.3, -0.25) is 10.1 Å². The van der Waals surface area contributed by atoms with Gasteiger partial charge in [-0.2, -0.15) is 0 Å². The third kappa shape index (κ3) is 3.43. The highest BCUT2D eigenvalue weighted by Gasteiger charge is 2.30. The van der Waals surface area contributed by atoms with Crippen LogP contribution in [0.3, 0.4) is 0 Å². The van der Waals surface area contributed by atoms with Gasteiger partial charge in [0.25, 0.3) is 0 Å². The fourth-order valence-electron chi connectivity index (χ4n) is 3.26. The lowest BCUT2D eigenvalue weighted by Crippen LogP contribution is -2.36. The first-order valence-corrected chi connectivity index (χ1v) is 8.81. The topological polar surface area (TPSA) is 133 Å². The number of rotatable bonds is 5. The number of ether oxygens (including phenoxy) is 2. The molecular formula is C18H17N5O6. The van der Waals surface area contributed by atoms with Crippen molar-refractivity contribution in [2.24, 2.45) is 0 Å². The van der Waals surface area contributed by atoms with Crippen molar-refractivity contribution in [1.29, 1.82) is 0 Å². The zero-order valence-corrected chi connectivity index (χ0v) is 15.5. The maximum Gasteiger partial charge on any atom is 0.339 e. The SMILES string of the molecule is COC(=O)c1ccccc1Nc1cc(N2CCOCC2)c([N+](=O)[O-])c2nonc12. The average molecular weight is 399 g/mol. The summed E-state index contributed by atoms with van der Waals surface area (Å²) in [6.07, 6.45) is 0. The Balaban J connectivity index is 1.86. The van der Waals surface area contributed by atoms with Gasteiger partial charge in [-0.1, -0.05) is 12.1 Å². The van der Waals surface area contributed by atoms with Crippen molar-refractivity contribution in [3.05, 3.63) is 46.0 Å². The van der Waals surface area contributed by atoms with Crippen molar-refractivity contribution in [3.63, 3.8) is 0 Å². The molecule has 1 saturated heterocycles. The smallest absolute Gasteiger partial charge is 0.339 e. The van der Waals surface area contributed by atoms with Crippen molar-refractivity contribution < 1.29 is 23.8 Å². The lowest BCUT2D eigenvalue weighted by Gasteiger charge is -2.28. The average Bonchev–Trinajstić information content (AvgIpc) is 3.23. The molecule has 1 aromatic heterocycles. The highest BCUT2D eigenvalue weighted by atomic mass is 16.6. The lowest BCUT2D eigenvalue weighted by atomic mass is 10.1. The number of nitro benzene ring substituents is 1. The maximum absolute atomic E-state index is 12.1. The number of hydrogen-bond acceptors (Lipinski definition) is 10. The molecule has 2 heterocycles. The van der Waals surface area contributed by atoms with E-state index in [1.54, 1.807) is 30.3 Å². The Morgan fingerprint density at radius 1 is 1.21 bits per heavy atom. The first-order valence-electron chi connectivity index (χ1n) is 8.81. The molecule has 0 aliphatic carbocycles. The van der Waals surface area contributed by atoms with Gasteiger partial charge in [0.2, 0.25) is 5.52 Å². The molecule has 2 aromatic carbocycles. The number of methoxy groups -OCH3 is 1. The third-order valence-electron chi connectivity index (χ3n) is 4.63. The molecule has 0 radical (unpaired) electrons. The van der Waals surface area contributed by atoms with Crippen molar-refractivity contribution in [3.8, 4) is 0 Å². The van der Waals surface area contributed by atoms with E-state index in [1.165, 1.54) is 7.11 Å². The first kappa shape index (κ1) is 18.6. The quantitative estimate of drug-likeness (QED) is 0.387. The number of morpholine rings is 1. The minimum atomic E-state index is -0.516. The molecule has 29 heavy (non-hydrogen) atoms. The van der Waals surface area contributed by atoms with Gasteiger partial charge in [0.1, 0.15) is 5.69 Å². The number of carbonyl (C=O) groups excluding carboxylic acids is 1. The Labute approximate surface area is 164 Å². The van der Waals surface area contributed by atoms with Gasteiger partial charge in [0.15, 0.2) is 5.52 Å². The number of nitrogens with zero attached hydrogens (tertiary/aromatic N) is 4. The van der Waals surface area contributed by atoms with Crippen molar-refractivity contribution in [1.82, 2.24) is 10.3 Å². The number of nitro groups is 1. The molecule has 1 fully saturated rings. The molecule has 3 aromatic rings. The number of nitrogens with one attached hydrogen (secondary N) is 1. The second-order valence-electron chi connectivity index (χ2n) is 6.27. The van der Waals surface area contributed by atoms with Crippen LogP contribution in [0.15, 0.2) is 35.0 Å². The summed E-state index contributed by atoms with van der Waals surface area (Å²) in [5, 5.41) is 22.5. The lowest BCUT2D eigenvalue weighted by molar-refractivity contribution is -0.382. The fourth-order valence-corrected chi connectivity index (χ4v) is 3.26. The van der Waals surface area contributed by atoms with Gasteiger partial charge in [0.05, 0.1) is 42.2 Å². The Kier molecular flexibility index (Phi) is 4.96. The second-order valence-corrected chi connectivity index (χ2v) is 6.27. The molecule has 1 aliphatic heterocycles. The Bertz CT molecular complexity index is 1080. The zero-order valence-electron chi connectivity index (χ0n) is 15.5. The molecule has 11 heteroatoms. The summed E-state index contributed by atoms with van der Waals surface area (Å²) in [5.74, 6) is -0.516. The van der Waals surface area contributed by atoms with Gasteiger partial charge in [-0.15, -0.1) is 0 Å². The van der Waals surface area contributed by atoms with Crippen LogP contribution in [-0.4, -0.2) is 54.6 Å². The van der Waals surface area contributed by atoms with Crippen LogP contribution in [0, 0.1) is 10.1 Å². The number of para-hydroxylation sites is 1. The number of hydrogen-bond donors (Lipinski definition) is 1. The van der Waals surface area contributed by atoms with Crippen molar-refractivity contribution in [2.45, 2.75) is 0 Å². The number of aromatic nitrogens is 2. The molecule has 150 valence electrons. The fraction of sp³-hybridized carbons (Fsp3) is 0.278. The van der Waals surface area contributed by atoms with Crippen LogP contribution in [0.1, 0.15) is 10.4 Å². The molecule has 4 rings (SSSR count). The van der Waals surface area contributed by atoms with Crippen LogP contribution in [0.2, 0.25) is 0 Å². The van der Waals surface area contributed by atoms with E-state index in [4.69, 9.17) is 14.1 Å². The van der Waals surface area contributed by atoms with Crippen LogP contribution in [0.5, 0.6) is 0 Å². The van der Waals surface area contributed by atoms with Gasteiger partial charge in [0, 0.05) is 13.1 Å². The molecule has 0 spiro atoms. The van der Waals surface area contributed by atoms with E-state index in [9.17, 15) is 14.9 Å². The van der Waals surface area contributed by atoms with Gasteiger partial charge in [-0.05, 0) is 28.5 Å². The number of anilines is 3. The van der Waals surface area contributed by atoms with E-state index in [2.05, 4.69) is 15.6 Å². The maximum atomic E-state index is 12.1. The molecule has 0 amide bonds. The van der Waals surface area contributed by atoms with Gasteiger partial charge >= 0.3 is 11.7 Å². The predicted molar refractivity (Wildman–Crippen MR) is 103 cm³/mol. The zero-order chi connectivity index (χ0) is 20.4. The van der Waals surface area contributed by atoms with Crippen molar-refractivity contribution >= 4 is 39.8 Å².